The molecule has 0 aromatic heterocycles. The third kappa shape index (κ3) is 4.46. The van der Waals surface area contributed by atoms with Crippen molar-refractivity contribution in [3.8, 4) is 0 Å². The molecule has 0 aliphatic carbocycles. The molecule has 0 aliphatic rings. The molecule has 0 radical (unpaired) electrons. The molecule has 0 amide bonds. The Morgan fingerprint density at radius 1 is 1.14 bits per heavy atom. The number of ether oxygens (including phenoxy) is 1. The third-order valence-corrected chi connectivity index (χ3v) is 3.44. The first-order valence-electron chi connectivity index (χ1n) is 6.41. The van der Waals surface area contributed by atoms with Crippen LogP contribution in [0.4, 0.5) is 0 Å². The maximum Gasteiger partial charge on any atom is 0.327 e. The van der Waals surface area contributed by atoms with Crippen molar-refractivity contribution < 1.29 is 9.53 Å². The van der Waals surface area contributed by atoms with Crippen LogP contribution in [0, 0.1) is 0 Å². The number of carbonyl (C=O) groups is 1. The zero-order valence-corrected chi connectivity index (χ0v) is 13.0. The van der Waals surface area contributed by atoms with Crippen molar-refractivity contribution in [3.63, 3.8) is 0 Å². The van der Waals surface area contributed by atoms with Crippen LogP contribution in [0.5, 0.6) is 0 Å². The van der Waals surface area contributed by atoms with Crippen LogP contribution >= 0.6 is 23.2 Å². The van der Waals surface area contributed by atoms with Crippen LogP contribution in [-0.2, 0) is 16.1 Å². The van der Waals surface area contributed by atoms with E-state index in [2.05, 4.69) is 5.32 Å². The summed E-state index contributed by atoms with van der Waals surface area (Å²) in [5.74, 6) is -0.339. The number of carbonyl (C=O) groups excluding carboxylic acids is 1. The highest BCUT2D eigenvalue weighted by Gasteiger charge is 2.20. The summed E-state index contributed by atoms with van der Waals surface area (Å²) >= 11 is 11.9. The van der Waals surface area contributed by atoms with Crippen molar-refractivity contribution in [1.29, 1.82) is 0 Å². The Balaban J connectivity index is 2.14. The molecule has 0 fully saturated rings. The molecule has 0 heterocycles. The summed E-state index contributed by atoms with van der Waals surface area (Å²) in [6, 6.07) is 14.1. The Bertz CT molecular complexity index is 597. The van der Waals surface area contributed by atoms with Gasteiger partial charge in [-0.2, -0.15) is 0 Å². The average molecular weight is 324 g/mol. The Labute approximate surface area is 133 Å². The first-order chi connectivity index (χ1) is 10.1. The molecular formula is C16H15Cl2NO2. The van der Waals surface area contributed by atoms with Gasteiger partial charge in [-0.25, -0.2) is 4.79 Å². The number of nitrogens with one attached hydrogen (secondary N) is 1. The Morgan fingerprint density at radius 3 is 2.33 bits per heavy atom. The summed E-state index contributed by atoms with van der Waals surface area (Å²) in [7, 11) is 1.37. The molecule has 0 saturated carbocycles. The lowest BCUT2D eigenvalue weighted by Gasteiger charge is -2.17. The molecule has 2 aromatic rings. The van der Waals surface area contributed by atoms with E-state index in [1.165, 1.54) is 7.11 Å². The van der Waals surface area contributed by atoms with Gasteiger partial charge in [0.1, 0.15) is 6.04 Å². The van der Waals surface area contributed by atoms with Gasteiger partial charge >= 0.3 is 5.97 Å². The predicted molar refractivity (Wildman–Crippen MR) is 84.5 cm³/mol. The fourth-order valence-corrected chi connectivity index (χ4v) is 2.60. The maximum atomic E-state index is 11.9. The molecule has 2 rings (SSSR count). The lowest BCUT2D eigenvalue weighted by Crippen LogP contribution is -2.29. The molecule has 110 valence electrons. The van der Waals surface area contributed by atoms with Gasteiger partial charge in [0.25, 0.3) is 0 Å². The van der Waals surface area contributed by atoms with Crippen molar-refractivity contribution in [2.75, 3.05) is 7.11 Å². The number of methoxy groups -OCH3 is 1. The number of hydrogen-bond acceptors (Lipinski definition) is 3. The van der Waals surface area contributed by atoms with E-state index in [4.69, 9.17) is 27.9 Å². The molecule has 5 heteroatoms. The quantitative estimate of drug-likeness (QED) is 0.845. The van der Waals surface area contributed by atoms with E-state index in [0.717, 1.165) is 11.1 Å². The average Bonchev–Trinajstić information content (AvgIpc) is 2.47. The molecule has 0 saturated heterocycles. The van der Waals surface area contributed by atoms with Crippen molar-refractivity contribution in [2.45, 2.75) is 12.6 Å². The first-order valence-corrected chi connectivity index (χ1v) is 7.17. The molecule has 0 aliphatic heterocycles. The van der Waals surface area contributed by atoms with Crippen LogP contribution in [0.3, 0.4) is 0 Å². The normalized spacial score (nSPS) is 12.0. The van der Waals surface area contributed by atoms with E-state index in [1.54, 1.807) is 18.2 Å². The van der Waals surface area contributed by atoms with Crippen molar-refractivity contribution >= 4 is 29.2 Å². The van der Waals surface area contributed by atoms with Crippen molar-refractivity contribution in [1.82, 2.24) is 5.32 Å². The SMILES string of the molecule is COC(=O)C(NCc1cc(Cl)cc(Cl)c1)c1ccccc1. The highest BCUT2D eigenvalue weighted by Crippen LogP contribution is 2.20. The van der Waals surface area contributed by atoms with E-state index in [9.17, 15) is 4.79 Å². The zero-order chi connectivity index (χ0) is 15.2. The molecule has 2 aromatic carbocycles. The van der Waals surface area contributed by atoms with E-state index < -0.39 is 6.04 Å². The van der Waals surface area contributed by atoms with Crippen LogP contribution in [0.1, 0.15) is 17.2 Å². The highest BCUT2D eigenvalue weighted by atomic mass is 35.5. The maximum absolute atomic E-state index is 11.9. The largest absolute Gasteiger partial charge is 0.468 e. The van der Waals surface area contributed by atoms with Gasteiger partial charge in [-0.15, -0.1) is 0 Å². The van der Waals surface area contributed by atoms with Crippen molar-refractivity contribution in [3.05, 3.63) is 69.7 Å². The first kappa shape index (κ1) is 15.8. The van der Waals surface area contributed by atoms with Crippen LogP contribution in [0.2, 0.25) is 10.0 Å². The number of hydrogen-bond donors (Lipinski definition) is 1. The van der Waals surface area contributed by atoms with Gasteiger partial charge in [-0.05, 0) is 29.3 Å². The summed E-state index contributed by atoms with van der Waals surface area (Å²) in [6.45, 7) is 0.453. The Hall–Kier alpha value is -1.55. The number of benzene rings is 2. The Kier molecular flexibility index (Phi) is 5.62. The molecule has 21 heavy (non-hydrogen) atoms. The van der Waals surface area contributed by atoms with Gasteiger partial charge in [-0.1, -0.05) is 53.5 Å². The summed E-state index contributed by atoms with van der Waals surface area (Å²) in [4.78, 5) is 11.9. The standard InChI is InChI=1S/C16H15Cl2NO2/c1-21-16(20)15(12-5-3-2-4-6-12)19-10-11-7-13(17)9-14(18)8-11/h2-9,15,19H,10H2,1H3. The van der Waals surface area contributed by atoms with E-state index in [-0.39, 0.29) is 5.97 Å². The lowest BCUT2D eigenvalue weighted by molar-refractivity contribution is -0.143. The van der Waals surface area contributed by atoms with Gasteiger partial charge in [0.15, 0.2) is 0 Å². The van der Waals surface area contributed by atoms with E-state index in [0.29, 0.717) is 16.6 Å². The van der Waals surface area contributed by atoms with Gasteiger partial charge < -0.3 is 4.74 Å². The predicted octanol–water partition coefficient (Wildman–Crippen LogP) is 4.00. The third-order valence-electron chi connectivity index (χ3n) is 3.00. The fraction of sp³-hybridized carbons (Fsp3) is 0.188. The van der Waals surface area contributed by atoms with Crippen LogP contribution in [0.15, 0.2) is 48.5 Å². The zero-order valence-electron chi connectivity index (χ0n) is 11.5. The summed E-state index contributed by atoms with van der Waals surface area (Å²) in [6.07, 6.45) is 0. The van der Waals surface area contributed by atoms with Gasteiger partial charge in [-0.3, -0.25) is 5.32 Å². The molecule has 0 bridgehead atoms. The van der Waals surface area contributed by atoms with Gasteiger partial charge in [0.2, 0.25) is 0 Å². The monoisotopic (exact) mass is 323 g/mol. The van der Waals surface area contributed by atoms with Crippen LogP contribution in [0.25, 0.3) is 0 Å². The minimum absolute atomic E-state index is 0.339. The Morgan fingerprint density at radius 2 is 1.76 bits per heavy atom. The molecule has 3 nitrogen and oxygen atoms in total. The summed E-state index contributed by atoms with van der Waals surface area (Å²) in [5, 5.41) is 4.29. The topological polar surface area (TPSA) is 38.3 Å². The summed E-state index contributed by atoms with van der Waals surface area (Å²) < 4.78 is 4.85. The number of halogens is 2. The highest BCUT2D eigenvalue weighted by molar-refractivity contribution is 6.34. The number of rotatable bonds is 5. The van der Waals surface area contributed by atoms with E-state index >= 15 is 0 Å². The smallest absolute Gasteiger partial charge is 0.327 e. The summed E-state index contributed by atoms with van der Waals surface area (Å²) in [5.41, 5.74) is 1.75. The molecule has 0 spiro atoms. The second-order valence-electron chi connectivity index (χ2n) is 4.53. The fourth-order valence-electron chi connectivity index (χ4n) is 2.03. The number of esters is 1. The minimum atomic E-state index is -0.533. The lowest BCUT2D eigenvalue weighted by atomic mass is 10.1. The molecular weight excluding hydrogens is 309 g/mol. The van der Waals surface area contributed by atoms with E-state index in [1.807, 2.05) is 30.3 Å². The second-order valence-corrected chi connectivity index (χ2v) is 5.40. The van der Waals surface area contributed by atoms with Gasteiger partial charge in [0.05, 0.1) is 7.11 Å². The minimum Gasteiger partial charge on any atom is -0.468 e. The second kappa shape index (κ2) is 7.46. The van der Waals surface area contributed by atoms with Crippen LogP contribution in [-0.4, -0.2) is 13.1 Å². The molecule has 1 unspecified atom stereocenters. The molecule has 1 atom stereocenters. The molecule has 1 N–H and O–H groups in total. The van der Waals surface area contributed by atoms with Crippen molar-refractivity contribution in [2.24, 2.45) is 0 Å². The van der Waals surface area contributed by atoms with Crippen LogP contribution < -0.4 is 5.32 Å². The van der Waals surface area contributed by atoms with Gasteiger partial charge in [0, 0.05) is 16.6 Å².